The predicted molar refractivity (Wildman–Crippen MR) is 121 cm³/mol. The molecule has 2 aromatic carbocycles. The number of pyridine rings is 1. The number of hydrogen-bond acceptors (Lipinski definition) is 6. The van der Waals surface area contributed by atoms with E-state index in [9.17, 15) is 13.2 Å². The molecule has 0 radical (unpaired) electrons. The highest BCUT2D eigenvalue weighted by Gasteiger charge is 2.26. The van der Waals surface area contributed by atoms with Crippen LogP contribution in [0.3, 0.4) is 0 Å². The smallest absolute Gasteiger partial charge is 0.338 e. The highest BCUT2D eigenvalue weighted by atomic mass is 32.2. The molecule has 0 bridgehead atoms. The van der Waals surface area contributed by atoms with E-state index in [2.05, 4.69) is 9.98 Å². The molecular formula is C24H23N3O4S. The van der Waals surface area contributed by atoms with Gasteiger partial charge in [-0.2, -0.15) is 4.31 Å². The van der Waals surface area contributed by atoms with Crippen LogP contribution in [0.1, 0.15) is 34.1 Å². The van der Waals surface area contributed by atoms with Crippen molar-refractivity contribution in [1.29, 1.82) is 0 Å². The Morgan fingerprint density at radius 3 is 2.31 bits per heavy atom. The van der Waals surface area contributed by atoms with Crippen LogP contribution in [0, 0.1) is 0 Å². The van der Waals surface area contributed by atoms with Gasteiger partial charge in [-0.05, 0) is 54.4 Å². The molecule has 0 unspecified atom stereocenters. The minimum Gasteiger partial charge on any atom is -0.462 e. The van der Waals surface area contributed by atoms with E-state index in [0.717, 1.165) is 16.8 Å². The average molecular weight is 450 g/mol. The number of esters is 1. The van der Waals surface area contributed by atoms with Gasteiger partial charge in [0.05, 0.1) is 41.6 Å². The minimum absolute atomic E-state index is 0.122. The zero-order valence-electron chi connectivity index (χ0n) is 17.6. The topological polar surface area (TPSA) is 88.9 Å². The molecule has 0 saturated carbocycles. The normalized spacial score (nSPS) is 13.0. The summed E-state index contributed by atoms with van der Waals surface area (Å²) in [5, 5.41) is 0. The van der Waals surface area contributed by atoms with Crippen LogP contribution < -0.4 is 0 Å². The maximum atomic E-state index is 13.5. The lowest BCUT2D eigenvalue weighted by Crippen LogP contribution is -2.30. The molecule has 0 aliphatic carbocycles. The average Bonchev–Trinajstić information content (AvgIpc) is 3.66. The number of nitrogens with zero attached hydrogens (tertiary/aromatic N) is 3. The fourth-order valence-electron chi connectivity index (χ4n) is 3.25. The molecule has 0 amide bonds. The van der Waals surface area contributed by atoms with Crippen LogP contribution in [0.25, 0.3) is 0 Å². The van der Waals surface area contributed by atoms with Gasteiger partial charge >= 0.3 is 5.97 Å². The number of carbonyl (C=O) groups excluding carboxylic acids is 1. The zero-order chi connectivity index (χ0) is 22.6. The van der Waals surface area contributed by atoms with Crippen LogP contribution in [0.15, 0.2) is 82.8 Å². The van der Waals surface area contributed by atoms with E-state index in [1.54, 1.807) is 73.8 Å². The molecule has 1 aliphatic rings. The standard InChI is InChI=1S/C24H23N3O4S/c1-2-31-24(28)20-8-6-18(7-9-20)16-27(17-21-5-3-4-14-25-21)32(29,30)22-12-10-19(11-13-22)23-15-26-23/h3-14H,2,15-17H2,1H3. The number of benzene rings is 2. The first-order chi connectivity index (χ1) is 15.5. The Morgan fingerprint density at radius 1 is 1.00 bits per heavy atom. The van der Waals surface area contributed by atoms with Gasteiger partial charge in [0.2, 0.25) is 10.0 Å². The summed E-state index contributed by atoms with van der Waals surface area (Å²) in [5.74, 6) is -0.405. The number of sulfonamides is 1. The molecule has 0 atom stereocenters. The first-order valence-electron chi connectivity index (χ1n) is 10.3. The first kappa shape index (κ1) is 21.9. The predicted octanol–water partition coefficient (Wildman–Crippen LogP) is 3.45. The highest BCUT2D eigenvalue weighted by Crippen LogP contribution is 2.23. The summed E-state index contributed by atoms with van der Waals surface area (Å²) in [7, 11) is -3.79. The zero-order valence-corrected chi connectivity index (χ0v) is 18.5. The number of rotatable bonds is 9. The van der Waals surface area contributed by atoms with E-state index in [4.69, 9.17) is 4.74 Å². The summed E-state index contributed by atoms with van der Waals surface area (Å²) in [4.78, 5) is 20.6. The third-order valence-electron chi connectivity index (χ3n) is 5.03. The van der Waals surface area contributed by atoms with Crippen molar-refractivity contribution in [2.75, 3.05) is 13.2 Å². The first-order valence-corrected chi connectivity index (χ1v) is 11.7. The number of ether oxygens (including phenoxy) is 1. The maximum absolute atomic E-state index is 13.5. The lowest BCUT2D eigenvalue weighted by Gasteiger charge is -2.22. The molecule has 164 valence electrons. The Labute approximate surface area is 187 Å². The Kier molecular flexibility index (Phi) is 6.43. The van der Waals surface area contributed by atoms with E-state index in [1.807, 2.05) is 6.07 Å². The van der Waals surface area contributed by atoms with Crippen LogP contribution >= 0.6 is 0 Å². The molecule has 32 heavy (non-hydrogen) atoms. The number of hydrogen-bond donors (Lipinski definition) is 0. The van der Waals surface area contributed by atoms with Crippen LogP contribution in [-0.4, -0.2) is 42.5 Å². The third-order valence-corrected chi connectivity index (χ3v) is 6.84. The fourth-order valence-corrected chi connectivity index (χ4v) is 4.65. The van der Waals surface area contributed by atoms with E-state index < -0.39 is 16.0 Å². The van der Waals surface area contributed by atoms with Gasteiger partial charge in [-0.15, -0.1) is 0 Å². The van der Waals surface area contributed by atoms with Gasteiger partial charge in [0.1, 0.15) is 0 Å². The van der Waals surface area contributed by atoms with E-state index >= 15 is 0 Å². The van der Waals surface area contributed by atoms with Gasteiger partial charge in [0.25, 0.3) is 0 Å². The number of aromatic nitrogens is 1. The minimum atomic E-state index is -3.79. The van der Waals surface area contributed by atoms with Crippen LogP contribution in [0.4, 0.5) is 0 Å². The third kappa shape index (κ3) is 5.09. The van der Waals surface area contributed by atoms with Crippen LogP contribution in [0.2, 0.25) is 0 Å². The fraction of sp³-hybridized carbons (Fsp3) is 0.208. The van der Waals surface area contributed by atoms with Crippen molar-refractivity contribution in [3.63, 3.8) is 0 Å². The highest BCUT2D eigenvalue weighted by molar-refractivity contribution is 7.89. The lowest BCUT2D eigenvalue weighted by molar-refractivity contribution is 0.0526. The molecule has 0 saturated heterocycles. The summed E-state index contributed by atoms with van der Waals surface area (Å²) in [5.41, 5.74) is 3.74. The van der Waals surface area contributed by atoms with E-state index in [0.29, 0.717) is 24.4 Å². The SMILES string of the molecule is CCOC(=O)c1ccc(CN(Cc2ccccn2)S(=O)(=O)c2ccc(C3=NC3)cc2)cc1. The molecule has 1 aromatic heterocycles. The Bertz CT molecular complexity index is 1220. The Hall–Kier alpha value is -3.36. The van der Waals surface area contributed by atoms with Crippen molar-refractivity contribution in [2.45, 2.75) is 24.9 Å². The van der Waals surface area contributed by atoms with Gasteiger partial charge in [-0.25, -0.2) is 13.2 Å². The second kappa shape index (κ2) is 9.42. The van der Waals surface area contributed by atoms with Crippen molar-refractivity contribution < 1.29 is 17.9 Å². The van der Waals surface area contributed by atoms with Crippen molar-refractivity contribution in [3.8, 4) is 0 Å². The summed E-state index contributed by atoms with van der Waals surface area (Å²) in [6, 6.07) is 19.0. The molecule has 4 rings (SSSR count). The van der Waals surface area contributed by atoms with Gasteiger partial charge in [0.15, 0.2) is 0 Å². The number of carbonyl (C=O) groups is 1. The monoisotopic (exact) mass is 449 g/mol. The van der Waals surface area contributed by atoms with Crippen LogP contribution in [-0.2, 0) is 27.8 Å². The van der Waals surface area contributed by atoms with E-state index in [-0.39, 0.29) is 18.0 Å². The second-order valence-electron chi connectivity index (χ2n) is 7.30. The van der Waals surface area contributed by atoms with Crippen molar-refractivity contribution >= 4 is 21.7 Å². The molecule has 0 fully saturated rings. The molecule has 0 N–H and O–H groups in total. The number of aliphatic imine (C=N–C) groups is 1. The van der Waals surface area contributed by atoms with Crippen molar-refractivity contribution in [2.24, 2.45) is 4.99 Å². The van der Waals surface area contributed by atoms with Gasteiger partial charge in [-0.1, -0.05) is 30.3 Å². The molecule has 0 spiro atoms. The summed E-state index contributed by atoms with van der Waals surface area (Å²) in [6.45, 7) is 3.01. The molecule has 7 nitrogen and oxygen atoms in total. The van der Waals surface area contributed by atoms with Gasteiger partial charge in [0, 0.05) is 12.7 Å². The molecule has 3 aromatic rings. The second-order valence-corrected chi connectivity index (χ2v) is 9.24. The molecule has 1 aliphatic heterocycles. The van der Waals surface area contributed by atoms with Crippen molar-refractivity contribution in [1.82, 2.24) is 9.29 Å². The summed E-state index contributed by atoms with van der Waals surface area (Å²) < 4.78 is 33.4. The Balaban J connectivity index is 1.60. The largest absolute Gasteiger partial charge is 0.462 e. The summed E-state index contributed by atoms with van der Waals surface area (Å²) in [6.07, 6.45) is 1.64. The van der Waals surface area contributed by atoms with Gasteiger partial charge in [-0.3, -0.25) is 9.98 Å². The Morgan fingerprint density at radius 2 is 1.72 bits per heavy atom. The van der Waals surface area contributed by atoms with E-state index in [1.165, 1.54) is 4.31 Å². The molecule has 2 heterocycles. The summed E-state index contributed by atoms with van der Waals surface area (Å²) >= 11 is 0. The molecular weight excluding hydrogens is 426 g/mol. The lowest BCUT2D eigenvalue weighted by atomic mass is 10.1. The maximum Gasteiger partial charge on any atom is 0.338 e. The van der Waals surface area contributed by atoms with Gasteiger partial charge < -0.3 is 4.74 Å². The molecule has 8 heteroatoms. The van der Waals surface area contributed by atoms with Crippen LogP contribution in [0.5, 0.6) is 0 Å². The quantitative estimate of drug-likeness (QED) is 0.467. The van der Waals surface area contributed by atoms with Crippen molar-refractivity contribution in [3.05, 3.63) is 95.3 Å².